The highest BCUT2D eigenvalue weighted by atomic mass is 35.7. The molecule has 0 bridgehead atoms. The van der Waals surface area contributed by atoms with E-state index < -0.39 is 19.9 Å². The van der Waals surface area contributed by atoms with Crippen molar-refractivity contribution < 1.29 is 17.9 Å². The van der Waals surface area contributed by atoms with Crippen molar-refractivity contribution in [2.24, 2.45) is 5.92 Å². The summed E-state index contributed by atoms with van der Waals surface area (Å²) in [6.07, 6.45) is 1.25. The molecule has 0 aromatic heterocycles. The molecule has 0 saturated heterocycles. The van der Waals surface area contributed by atoms with Gasteiger partial charge in [-0.1, -0.05) is 0 Å². The lowest BCUT2D eigenvalue weighted by Gasteiger charge is -2.21. The molecule has 2 unspecified atom stereocenters. The zero-order valence-corrected chi connectivity index (χ0v) is 11.3. The van der Waals surface area contributed by atoms with E-state index in [1.165, 1.54) is 0 Å². The first-order valence-corrected chi connectivity index (χ1v) is 7.63. The van der Waals surface area contributed by atoms with Gasteiger partial charge in [0.05, 0.1) is 11.2 Å². The van der Waals surface area contributed by atoms with E-state index in [1.54, 1.807) is 20.8 Å². The summed E-state index contributed by atoms with van der Waals surface area (Å²) in [5.41, 5.74) is -0.533. The predicted octanol–water partition coefficient (Wildman–Crippen LogP) is 2.07. The number of esters is 1. The molecule has 0 heterocycles. The number of hydrogen-bond acceptors (Lipinski definition) is 4. The number of rotatable bonds is 2. The quantitative estimate of drug-likeness (QED) is 0.568. The van der Waals surface area contributed by atoms with Crippen molar-refractivity contribution in [3.05, 3.63) is 0 Å². The molecule has 4 nitrogen and oxygen atoms in total. The van der Waals surface area contributed by atoms with Gasteiger partial charge < -0.3 is 4.74 Å². The van der Waals surface area contributed by atoms with Crippen molar-refractivity contribution in [2.45, 2.75) is 50.9 Å². The summed E-state index contributed by atoms with van der Waals surface area (Å²) in [4.78, 5) is 11.7. The molecule has 0 aliphatic heterocycles. The Labute approximate surface area is 101 Å². The maximum Gasteiger partial charge on any atom is 0.309 e. The standard InChI is InChI=1S/C10H17ClO4S/c1-10(2,3)15-9(12)7-4-5-8(6-7)16(11,13)14/h7-8H,4-6H2,1-3H3. The lowest BCUT2D eigenvalue weighted by atomic mass is 10.1. The summed E-state index contributed by atoms with van der Waals surface area (Å²) in [6.45, 7) is 5.36. The fraction of sp³-hybridized carbons (Fsp3) is 0.900. The normalized spacial score (nSPS) is 26.8. The van der Waals surface area contributed by atoms with E-state index in [-0.39, 0.29) is 18.3 Å². The van der Waals surface area contributed by atoms with Crippen LogP contribution in [0.3, 0.4) is 0 Å². The van der Waals surface area contributed by atoms with Crippen molar-refractivity contribution in [3.63, 3.8) is 0 Å². The molecule has 1 fully saturated rings. The fourth-order valence-corrected chi connectivity index (χ4v) is 3.16. The zero-order chi connectivity index (χ0) is 12.6. The van der Waals surface area contributed by atoms with E-state index in [0.717, 1.165) is 0 Å². The summed E-state index contributed by atoms with van der Waals surface area (Å²) in [6, 6.07) is 0. The molecule has 0 spiro atoms. The fourth-order valence-electron chi connectivity index (χ4n) is 1.80. The summed E-state index contributed by atoms with van der Waals surface area (Å²) in [5, 5.41) is -0.605. The minimum absolute atomic E-state index is 0.279. The molecule has 1 aliphatic carbocycles. The first-order chi connectivity index (χ1) is 7.09. The number of ether oxygens (including phenoxy) is 1. The lowest BCUT2D eigenvalue weighted by Crippen LogP contribution is -2.28. The predicted molar refractivity (Wildman–Crippen MR) is 61.7 cm³/mol. The minimum atomic E-state index is -3.55. The molecule has 0 radical (unpaired) electrons. The molecule has 6 heteroatoms. The molecule has 2 atom stereocenters. The first-order valence-electron chi connectivity index (χ1n) is 5.26. The van der Waals surface area contributed by atoms with Crippen LogP contribution in [-0.4, -0.2) is 25.2 Å². The third-order valence-electron chi connectivity index (χ3n) is 2.52. The van der Waals surface area contributed by atoms with Gasteiger partial charge in [-0.3, -0.25) is 4.79 Å². The number of carbonyl (C=O) groups excluding carboxylic acids is 1. The summed E-state index contributed by atoms with van der Waals surface area (Å²) < 4.78 is 27.4. The maximum atomic E-state index is 11.7. The van der Waals surface area contributed by atoms with Gasteiger partial charge in [-0.05, 0) is 40.0 Å². The van der Waals surface area contributed by atoms with Crippen LogP contribution in [0.5, 0.6) is 0 Å². The van der Waals surface area contributed by atoms with E-state index in [1.807, 2.05) is 0 Å². The molecule has 0 aromatic rings. The Bertz CT molecular complexity index is 369. The number of halogens is 1. The molecule has 0 aromatic carbocycles. The Morgan fingerprint density at radius 1 is 1.31 bits per heavy atom. The van der Waals surface area contributed by atoms with E-state index in [9.17, 15) is 13.2 Å². The van der Waals surface area contributed by atoms with Crippen molar-refractivity contribution in [1.29, 1.82) is 0 Å². The van der Waals surface area contributed by atoms with E-state index >= 15 is 0 Å². The van der Waals surface area contributed by atoms with Gasteiger partial charge in [0, 0.05) is 10.7 Å². The van der Waals surface area contributed by atoms with E-state index in [4.69, 9.17) is 15.4 Å². The van der Waals surface area contributed by atoms with Crippen LogP contribution in [0.1, 0.15) is 40.0 Å². The van der Waals surface area contributed by atoms with Gasteiger partial charge in [0.25, 0.3) is 0 Å². The molecule has 0 N–H and O–H groups in total. The molecule has 94 valence electrons. The van der Waals surface area contributed by atoms with Crippen LogP contribution in [0.2, 0.25) is 0 Å². The molecule has 1 aliphatic rings. The Morgan fingerprint density at radius 3 is 2.25 bits per heavy atom. The molecule has 0 amide bonds. The second kappa shape index (κ2) is 4.53. The smallest absolute Gasteiger partial charge is 0.309 e. The summed E-state index contributed by atoms with van der Waals surface area (Å²) in [7, 11) is 1.71. The SMILES string of the molecule is CC(C)(C)OC(=O)C1CCC(S(=O)(=O)Cl)C1. The molecule has 1 saturated carbocycles. The van der Waals surface area contributed by atoms with Crippen LogP contribution in [0.25, 0.3) is 0 Å². The van der Waals surface area contributed by atoms with Crippen LogP contribution >= 0.6 is 10.7 Å². The highest BCUT2D eigenvalue weighted by Crippen LogP contribution is 2.33. The highest BCUT2D eigenvalue weighted by molar-refractivity contribution is 8.14. The van der Waals surface area contributed by atoms with Crippen molar-refractivity contribution in [1.82, 2.24) is 0 Å². The van der Waals surface area contributed by atoms with Gasteiger partial charge in [0.1, 0.15) is 5.60 Å². The average Bonchev–Trinajstić information content (AvgIpc) is 2.46. The topological polar surface area (TPSA) is 60.4 Å². The van der Waals surface area contributed by atoms with Gasteiger partial charge in [-0.2, -0.15) is 0 Å². The zero-order valence-electron chi connectivity index (χ0n) is 9.70. The maximum absolute atomic E-state index is 11.7. The van der Waals surface area contributed by atoms with Crippen molar-refractivity contribution >= 4 is 25.7 Å². The molecule has 16 heavy (non-hydrogen) atoms. The number of carbonyl (C=O) groups is 1. The first kappa shape index (κ1) is 13.8. The Kier molecular flexibility index (Phi) is 3.90. The van der Waals surface area contributed by atoms with Crippen LogP contribution < -0.4 is 0 Å². The van der Waals surface area contributed by atoms with Crippen molar-refractivity contribution in [3.8, 4) is 0 Å². The van der Waals surface area contributed by atoms with Gasteiger partial charge >= 0.3 is 5.97 Å². The third-order valence-corrected chi connectivity index (χ3v) is 4.50. The Morgan fingerprint density at radius 2 is 1.88 bits per heavy atom. The minimum Gasteiger partial charge on any atom is -0.460 e. The van der Waals surface area contributed by atoms with Crippen LogP contribution in [-0.2, 0) is 18.6 Å². The largest absolute Gasteiger partial charge is 0.460 e. The van der Waals surface area contributed by atoms with Gasteiger partial charge in [0.2, 0.25) is 9.05 Å². The molecular formula is C10H17ClO4S. The average molecular weight is 269 g/mol. The van der Waals surface area contributed by atoms with Crippen LogP contribution in [0.4, 0.5) is 0 Å². The lowest BCUT2D eigenvalue weighted by molar-refractivity contribution is -0.159. The Balaban J connectivity index is 2.57. The monoisotopic (exact) mass is 268 g/mol. The molecule has 1 rings (SSSR count). The van der Waals surface area contributed by atoms with Crippen LogP contribution in [0.15, 0.2) is 0 Å². The second-order valence-electron chi connectivity index (χ2n) is 5.14. The summed E-state index contributed by atoms with van der Waals surface area (Å²) >= 11 is 0. The van der Waals surface area contributed by atoms with E-state index in [2.05, 4.69) is 0 Å². The highest BCUT2D eigenvalue weighted by Gasteiger charge is 2.38. The van der Waals surface area contributed by atoms with Crippen molar-refractivity contribution in [2.75, 3.05) is 0 Å². The van der Waals surface area contributed by atoms with Crippen LogP contribution in [0, 0.1) is 5.92 Å². The number of hydrogen-bond donors (Lipinski definition) is 0. The third kappa shape index (κ3) is 3.94. The molecular weight excluding hydrogens is 252 g/mol. The summed E-state index contributed by atoms with van der Waals surface area (Å²) in [5.74, 6) is -0.659. The van der Waals surface area contributed by atoms with E-state index in [0.29, 0.717) is 12.8 Å². The van der Waals surface area contributed by atoms with Gasteiger partial charge in [0.15, 0.2) is 0 Å². The van der Waals surface area contributed by atoms with Gasteiger partial charge in [-0.15, -0.1) is 0 Å². The Hall–Kier alpha value is -0.290. The second-order valence-corrected chi connectivity index (χ2v) is 8.05. The van der Waals surface area contributed by atoms with Gasteiger partial charge in [-0.25, -0.2) is 8.42 Å².